The second-order valence-electron chi connectivity index (χ2n) is 4.03. The third kappa shape index (κ3) is 1.34. The maximum atomic E-state index is 8.55. The molecule has 2 aliphatic rings. The predicted molar refractivity (Wildman–Crippen MR) is 45.5 cm³/mol. The summed E-state index contributed by atoms with van der Waals surface area (Å²) in [6.45, 7) is 0. The van der Waals surface area contributed by atoms with E-state index in [0.29, 0.717) is 6.42 Å². The van der Waals surface area contributed by atoms with E-state index in [2.05, 4.69) is 6.07 Å². The van der Waals surface area contributed by atoms with Gasteiger partial charge in [-0.2, -0.15) is 5.26 Å². The van der Waals surface area contributed by atoms with E-state index < -0.39 is 0 Å². The number of rotatable bonds is 1. The van der Waals surface area contributed by atoms with Gasteiger partial charge in [-0.05, 0) is 38.5 Å². The van der Waals surface area contributed by atoms with Crippen molar-refractivity contribution in [1.29, 1.82) is 5.26 Å². The number of nitrogens with zero attached hydrogens (tertiary/aromatic N) is 1. The average molecular weight is 165 g/mol. The second-order valence-corrected chi connectivity index (χ2v) is 4.03. The van der Waals surface area contributed by atoms with Crippen LogP contribution in [0, 0.1) is 11.3 Å². The second kappa shape index (κ2) is 3.06. The quantitative estimate of drug-likeness (QED) is 0.597. The van der Waals surface area contributed by atoms with Gasteiger partial charge in [-0.15, -0.1) is 0 Å². The van der Waals surface area contributed by atoms with Gasteiger partial charge in [0.1, 0.15) is 0 Å². The lowest BCUT2D eigenvalue weighted by molar-refractivity contribution is -0.166. The summed E-state index contributed by atoms with van der Waals surface area (Å²) >= 11 is 0. The molecule has 66 valence electrons. The molecule has 2 heteroatoms. The van der Waals surface area contributed by atoms with Crippen LogP contribution >= 0.6 is 0 Å². The summed E-state index contributed by atoms with van der Waals surface area (Å²) in [6.07, 6.45) is 8.19. The first-order valence-corrected chi connectivity index (χ1v) is 4.89. The normalized spacial score (nSPS) is 32.4. The molecule has 1 saturated heterocycles. The van der Waals surface area contributed by atoms with Crippen LogP contribution in [0.3, 0.4) is 0 Å². The third-order valence-corrected chi connectivity index (χ3v) is 3.16. The molecule has 1 spiro atoms. The Morgan fingerprint density at radius 3 is 2.67 bits per heavy atom. The van der Waals surface area contributed by atoms with Crippen molar-refractivity contribution in [3.05, 3.63) is 0 Å². The molecule has 1 aliphatic carbocycles. The number of nitriles is 1. The van der Waals surface area contributed by atoms with Gasteiger partial charge < -0.3 is 4.74 Å². The van der Waals surface area contributed by atoms with Crippen LogP contribution in [0.5, 0.6) is 0 Å². The topological polar surface area (TPSA) is 33.0 Å². The Bertz CT molecular complexity index is 202. The molecule has 0 N–H and O–H groups in total. The molecule has 0 radical (unpaired) electrons. The van der Waals surface area contributed by atoms with E-state index in [1.807, 2.05) is 0 Å². The highest BCUT2D eigenvalue weighted by molar-refractivity contribution is 4.94. The summed E-state index contributed by atoms with van der Waals surface area (Å²) in [5.41, 5.74) is 0.222. The highest BCUT2D eigenvalue weighted by atomic mass is 16.5. The molecule has 1 heterocycles. The fourth-order valence-electron chi connectivity index (χ4n) is 2.31. The van der Waals surface area contributed by atoms with E-state index in [1.165, 1.54) is 32.1 Å². The lowest BCUT2D eigenvalue weighted by atomic mass is 9.74. The Kier molecular flexibility index (Phi) is 2.06. The fraction of sp³-hybridized carbons (Fsp3) is 0.900. The van der Waals surface area contributed by atoms with Crippen LogP contribution in [0.4, 0.5) is 0 Å². The Labute approximate surface area is 73.5 Å². The zero-order valence-corrected chi connectivity index (χ0v) is 7.38. The van der Waals surface area contributed by atoms with Gasteiger partial charge in [0.2, 0.25) is 0 Å². The number of hydrogen-bond acceptors (Lipinski definition) is 2. The van der Waals surface area contributed by atoms with Crippen LogP contribution in [-0.4, -0.2) is 11.7 Å². The standard InChI is InChI=1S/C10H15NO/c11-8-4-9-3-1-5-10(12-9)6-2-7-10/h9H,1-7H2. The zero-order valence-electron chi connectivity index (χ0n) is 7.38. The Morgan fingerprint density at radius 2 is 2.08 bits per heavy atom. The van der Waals surface area contributed by atoms with Crippen LogP contribution in [0.15, 0.2) is 0 Å². The summed E-state index contributed by atoms with van der Waals surface area (Å²) in [7, 11) is 0. The molecule has 1 saturated carbocycles. The van der Waals surface area contributed by atoms with E-state index in [9.17, 15) is 0 Å². The molecule has 12 heavy (non-hydrogen) atoms. The van der Waals surface area contributed by atoms with E-state index in [4.69, 9.17) is 10.00 Å². The van der Waals surface area contributed by atoms with Crippen molar-refractivity contribution in [3.63, 3.8) is 0 Å². The fourth-order valence-corrected chi connectivity index (χ4v) is 2.31. The SMILES string of the molecule is N#CCC1CCCC2(CCC2)O1. The lowest BCUT2D eigenvalue weighted by Gasteiger charge is -2.47. The molecular formula is C10H15NO. The maximum absolute atomic E-state index is 8.55. The summed E-state index contributed by atoms with van der Waals surface area (Å²) in [6, 6.07) is 2.20. The minimum absolute atomic E-state index is 0.222. The van der Waals surface area contributed by atoms with Crippen LogP contribution in [0.25, 0.3) is 0 Å². The van der Waals surface area contributed by atoms with Crippen LogP contribution in [0.1, 0.15) is 44.9 Å². The van der Waals surface area contributed by atoms with Gasteiger partial charge in [0.15, 0.2) is 0 Å². The van der Waals surface area contributed by atoms with E-state index in [1.54, 1.807) is 0 Å². The van der Waals surface area contributed by atoms with Crippen LogP contribution in [0.2, 0.25) is 0 Å². The van der Waals surface area contributed by atoms with Gasteiger partial charge in [0, 0.05) is 0 Å². The Morgan fingerprint density at radius 1 is 1.33 bits per heavy atom. The highest BCUT2D eigenvalue weighted by Crippen LogP contribution is 2.44. The molecule has 1 atom stereocenters. The molecule has 0 aromatic rings. The molecule has 1 unspecified atom stereocenters. The smallest absolute Gasteiger partial charge is 0.0712 e. The van der Waals surface area contributed by atoms with Gasteiger partial charge >= 0.3 is 0 Å². The van der Waals surface area contributed by atoms with E-state index in [0.717, 1.165) is 6.42 Å². The van der Waals surface area contributed by atoms with E-state index >= 15 is 0 Å². The largest absolute Gasteiger partial charge is 0.371 e. The van der Waals surface area contributed by atoms with Crippen molar-refractivity contribution in [2.24, 2.45) is 0 Å². The summed E-state index contributed by atoms with van der Waals surface area (Å²) in [4.78, 5) is 0. The number of hydrogen-bond donors (Lipinski definition) is 0. The molecule has 2 nitrogen and oxygen atoms in total. The van der Waals surface area contributed by atoms with E-state index in [-0.39, 0.29) is 11.7 Å². The molecule has 2 fully saturated rings. The molecular weight excluding hydrogens is 150 g/mol. The first-order chi connectivity index (χ1) is 5.85. The monoisotopic (exact) mass is 165 g/mol. The molecule has 0 aromatic carbocycles. The van der Waals surface area contributed by atoms with Crippen molar-refractivity contribution >= 4 is 0 Å². The summed E-state index contributed by atoms with van der Waals surface area (Å²) in [5, 5.41) is 8.55. The maximum Gasteiger partial charge on any atom is 0.0712 e. The van der Waals surface area contributed by atoms with Crippen LogP contribution in [-0.2, 0) is 4.74 Å². The van der Waals surface area contributed by atoms with Crippen molar-refractivity contribution in [1.82, 2.24) is 0 Å². The first-order valence-electron chi connectivity index (χ1n) is 4.89. The highest BCUT2D eigenvalue weighted by Gasteiger charge is 2.41. The molecule has 1 aliphatic heterocycles. The van der Waals surface area contributed by atoms with Gasteiger partial charge in [-0.25, -0.2) is 0 Å². The van der Waals surface area contributed by atoms with Crippen molar-refractivity contribution in [3.8, 4) is 6.07 Å². The molecule has 2 rings (SSSR count). The van der Waals surface area contributed by atoms with Gasteiger partial charge in [0.05, 0.1) is 24.2 Å². The van der Waals surface area contributed by atoms with Crippen molar-refractivity contribution < 1.29 is 4.74 Å². The summed E-state index contributed by atoms with van der Waals surface area (Å²) < 4.78 is 5.93. The molecule has 0 amide bonds. The third-order valence-electron chi connectivity index (χ3n) is 3.16. The minimum atomic E-state index is 0.222. The Balaban J connectivity index is 1.90. The molecule has 0 bridgehead atoms. The van der Waals surface area contributed by atoms with Crippen molar-refractivity contribution in [2.75, 3.05) is 0 Å². The molecule has 0 aromatic heterocycles. The lowest BCUT2D eigenvalue weighted by Crippen LogP contribution is -2.45. The minimum Gasteiger partial charge on any atom is -0.371 e. The average Bonchev–Trinajstić information content (AvgIpc) is 2.03. The summed E-state index contributed by atoms with van der Waals surface area (Å²) in [5.74, 6) is 0. The zero-order chi connectivity index (χ0) is 8.44. The Hall–Kier alpha value is -0.550. The van der Waals surface area contributed by atoms with Crippen LogP contribution < -0.4 is 0 Å². The van der Waals surface area contributed by atoms with Gasteiger partial charge in [-0.1, -0.05) is 0 Å². The number of ether oxygens (including phenoxy) is 1. The first kappa shape index (κ1) is 8.07. The predicted octanol–water partition coefficient (Wildman–Crippen LogP) is 2.39. The van der Waals surface area contributed by atoms with Crippen molar-refractivity contribution in [2.45, 2.75) is 56.7 Å². The van der Waals surface area contributed by atoms with Gasteiger partial charge in [0.25, 0.3) is 0 Å². The van der Waals surface area contributed by atoms with Gasteiger partial charge in [-0.3, -0.25) is 0 Å².